The van der Waals surface area contributed by atoms with Gasteiger partial charge < -0.3 is 15.0 Å². The number of rotatable bonds is 11. The first kappa shape index (κ1) is 30.5. The molecule has 1 atom stereocenters. The second-order valence-electron chi connectivity index (χ2n) is 9.13. The highest BCUT2D eigenvalue weighted by molar-refractivity contribution is 9.10. The van der Waals surface area contributed by atoms with E-state index in [4.69, 9.17) is 16.3 Å². The van der Waals surface area contributed by atoms with Crippen molar-refractivity contribution in [3.8, 4) is 5.75 Å². The Morgan fingerprint density at radius 3 is 2.23 bits per heavy atom. The predicted octanol–water partition coefficient (Wildman–Crippen LogP) is 5.25. The Hall–Kier alpha value is -3.08. The molecular weight excluding hydrogens is 606 g/mol. The maximum Gasteiger partial charge on any atom is 0.264 e. The van der Waals surface area contributed by atoms with Crippen LogP contribution < -0.4 is 14.4 Å². The lowest BCUT2D eigenvalue weighted by atomic mass is 10.1. The summed E-state index contributed by atoms with van der Waals surface area (Å²) in [6.45, 7) is 4.76. The number of benzene rings is 3. The predicted molar refractivity (Wildman–Crippen MR) is 156 cm³/mol. The van der Waals surface area contributed by atoms with Crippen LogP contribution in [0.3, 0.4) is 0 Å². The van der Waals surface area contributed by atoms with Gasteiger partial charge in [0.2, 0.25) is 11.8 Å². The van der Waals surface area contributed by atoms with E-state index in [2.05, 4.69) is 21.2 Å². The molecule has 3 aromatic carbocycles. The maximum atomic E-state index is 13.9. The van der Waals surface area contributed by atoms with Crippen molar-refractivity contribution in [2.45, 2.75) is 44.3 Å². The number of carbonyl (C=O) groups is 2. The van der Waals surface area contributed by atoms with Gasteiger partial charge in [0.05, 0.1) is 17.7 Å². The van der Waals surface area contributed by atoms with Crippen molar-refractivity contribution >= 4 is 55.1 Å². The fourth-order valence-electron chi connectivity index (χ4n) is 3.87. The van der Waals surface area contributed by atoms with Crippen LogP contribution in [0, 0.1) is 0 Å². The van der Waals surface area contributed by atoms with E-state index < -0.39 is 28.5 Å². The maximum absolute atomic E-state index is 13.9. The largest absolute Gasteiger partial charge is 0.495 e. The van der Waals surface area contributed by atoms with Gasteiger partial charge in [0.15, 0.2) is 0 Å². The van der Waals surface area contributed by atoms with Crippen LogP contribution >= 0.6 is 27.5 Å². The number of carbonyl (C=O) groups excluding carboxylic acids is 2. The summed E-state index contributed by atoms with van der Waals surface area (Å²) in [6, 6.07) is 18.6. The molecule has 0 unspecified atom stereocenters. The van der Waals surface area contributed by atoms with Crippen LogP contribution in [0.2, 0.25) is 5.02 Å². The minimum Gasteiger partial charge on any atom is -0.495 e. The van der Waals surface area contributed by atoms with E-state index in [-0.39, 0.29) is 39.8 Å². The van der Waals surface area contributed by atoms with Crippen LogP contribution in [0.4, 0.5) is 5.69 Å². The number of halogens is 2. The van der Waals surface area contributed by atoms with Gasteiger partial charge in [-0.2, -0.15) is 0 Å². The van der Waals surface area contributed by atoms with Crippen molar-refractivity contribution in [3.63, 3.8) is 0 Å². The first-order valence-corrected chi connectivity index (χ1v) is 14.8. The molecule has 0 aliphatic carbocycles. The quantitative estimate of drug-likeness (QED) is 0.310. The SMILES string of the molecule is COc1ccc(Cl)cc1N(CC(=O)N(Cc1ccc(Br)cc1)[C@H](C)C(=O)NC(C)C)S(=O)(=O)c1ccccc1. The summed E-state index contributed by atoms with van der Waals surface area (Å²) in [6.07, 6.45) is 0. The molecule has 0 saturated heterocycles. The van der Waals surface area contributed by atoms with Crippen LogP contribution in [-0.2, 0) is 26.2 Å². The van der Waals surface area contributed by atoms with E-state index in [1.165, 1.54) is 36.3 Å². The van der Waals surface area contributed by atoms with E-state index >= 15 is 0 Å². The zero-order valence-corrected chi connectivity index (χ0v) is 25.3. The number of hydrogen-bond donors (Lipinski definition) is 1. The zero-order chi connectivity index (χ0) is 28.7. The van der Waals surface area contributed by atoms with Crippen LogP contribution in [-0.4, -0.2) is 50.9 Å². The average molecular weight is 637 g/mol. The summed E-state index contributed by atoms with van der Waals surface area (Å²) >= 11 is 9.65. The summed E-state index contributed by atoms with van der Waals surface area (Å²) in [4.78, 5) is 28.3. The van der Waals surface area contributed by atoms with E-state index in [9.17, 15) is 18.0 Å². The first-order chi connectivity index (χ1) is 18.4. The van der Waals surface area contributed by atoms with Crippen molar-refractivity contribution in [1.29, 1.82) is 0 Å². The number of amides is 2. The number of methoxy groups -OCH3 is 1. The highest BCUT2D eigenvalue weighted by atomic mass is 79.9. The molecular formula is C28H31BrClN3O5S. The molecule has 39 heavy (non-hydrogen) atoms. The number of hydrogen-bond acceptors (Lipinski definition) is 5. The van der Waals surface area contributed by atoms with E-state index in [1.54, 1.807) is 31.2 Å². The van der Waals surface area contributed by atoms with Crippen LogP contribution in [0.5, 0.6) is 5.75 Å². The molecule has 8 nitrogen and oxygen atoms in total. The van der Waals surface area contributed by atoms with Crippen molar-refractivity contribution < 1.29 is 22.7 Å². The minimum atomic E-state index is -4.24. The third-order valence-electron chi connectivity index (χ3n) is 5.88. The lowest BCUT2D eigenvalue weighted by molar-refractivity contribution is -0.139. The Morgan fingerprint density at radius 2 is 1.64 bits per heavy atom. The van der Waals surface area contributed by atoms with Gasteiger partial charge in [-0.25, -0.2) is 8.42 Å². The van der Waals surface area contributed by atoms with Gasteiger partial charge in [-0.15, -0.1) is 0 Å². The molecule has 0 aliphatic heterocycles. The molecule has 0 spiro atoms. The molecule has 0 saturated carbocycles. The van der Waals surface area contributed by atoms with Gasteiger partial charge in [0, 0.05) is 22.1 Å². The van der Waals surface area contributed by atoms with Crippen molar-refractivity contribution in [1.82, 2.24) is 10.2 Å². The Labute approximate surface area is 243 Å². The van der Waals surface area contributed by atoms with Crippen LogP contribution in [0.25, 0.3) is 0 Å². The highest BCUT2D eigenvalue weighted by Gasteiger charge is 2.34. The summed E-state index contributed by atoms with van der Waals surface area (Å²) in [7, 11) is -2.83. The smallest absolute Gasteiger partial charge is 0.264 e. The van der Waals surface area contributed by atoms with E-state index in [0.717, 1.165) is 14.3 Å². The van der Waals surface area contributed by atoms with Crippen molar-refractivity contribution in [2.24, 2.45) is 0 Å². The van der Waals surface area contributed by atoms with Gasteiger partial charge in [0.1, 0.15) is 18.3 Å². The monoisotopic (exact) mass is 635 g/mol. The van der Waals surface area contributed by atoms with Crippen molar-refractivity contribution in [2.75, 3.05) is 18.0 Å². The fraction of sp³-hybridized carbons (Fsp3) is 0.286. The lowest BCUT2D eigenvalue weighted by Crippen LogP contribution is -2.52. The number of nitrogens with zero attached hydrogens (tertiary/aromatic N) is 2. The molecule has 0 bridgehead atoms. The molecule has 1 N–H and O–H groups in total. The summed E-state index contributed by atoms with van der Waals surface area (Å²) in [5.74, 6) is -0.712. The minimum absolute atomic E-state index is 0.00936. The Balaban J connectivity index is 2.08. The summed E-state index contributed by atoms with van der Waals surface area (Å²) in [5, 5.41) is 3.10. The van der Waals surface area contributed by atoms with Gasteiger partial charge >= 0.3 is 0 Å². The second kappa shape index (κ2) is 13.3. The molecule has 0 aromatic heterocycles. The zero-order valence-electron chi connectivity index (χ0n) is 22.1. The first-order valence-electron chi connectivity index (χ1n) is 12.2. The Kier molecular flexibility index (Phi) is 10.4. The third kappa shape index (κ3) is 7.74. The van der Waals surface area contributed by atoms with Crippen LogP contribution in [0.15, 0.2) is 82.2 Å². The lowest BCUT2D eigenvalue weighted by Gasteiger charge is -2.32. The van der Waals surface area contributed by atoms with Gasteiger partial charge in [-0.1, -0.05) is 57.9 Å². The molecule has 0 fully saturated rings. The molecule has 208 valence electrons. The average Bonchev–Trinajstić information content (AvgIpc) is 2.90. The number of anilines is 1. The second-order valence-corrected chi connectivity index (χ2v) is 12.3. The fourth-order valence-corrected chi connectivity index (χ4v) is 5.73. The molecule has 0 heterocycles. The van der Waals surface area contributed by atoms with E-state index in [1.807, 2.05) is 38.1 Å². The Morgan fingerprint density at radius 1 is 1.00 bits per heavy atom. The van der Waals surface area contributed by atoms with E-state index in [0.29, 0.717) is 0 Å². The van der Waals surface area contributed by atoms with Crippen molar-refractivity contribution in [3.05, 3.63) is 87.9 Å². The number of sulfonamides is 1. The number of ether oxygens (including phenoxy) is 1. The summed E-state index contributed by atoms with van der Waals surface area (Å²) in [5.41, 5.74) is 0.874. The molecule has 0 radical (unpaired) electrons. The van der Waals surface area contributed by atoms with Gasteiger partial charge in [-0.05, 0) is 68.8 Å². The normalized spacial score (nSPS) is 12.1. The molecule has 0 aliphatic rings. The van der Waals surface area contributed by atoms with Crippen LogP contribution in [0.1, 0.15) is 26.3 Å². The highest BCUT2D eigenvalue weighted by Crippen LogP contribution is 2.35. The Bertz CT molecular complexity index is 1400. The topological polar surface area (TPSA) is 96.0 Å². The molecule has 3 aromatic rings. The number of nitrogens with one attached hydrogen (secondary N) is 1. The van der Waals surface area contributed by atoms with Gasteiger partial charge in [-0.3, -0.25) is 13.9 Å². The summed E-state index contributed by atoms with van der Waals surface area (Å²) < 4.78 is 35.0. The van der Waals surface area contributed by atoms with Gasteiger partial charge in [0.25, 0.3) is 10.0 Å². The standard InChI is InChI=1S/C28H31BrClN3O5S/c1-19(2)31-28(35)20(3)32(17-21-10-12-22(29)13-11-21)27(34)18-33(25-16-23(30)14-15-26(25)38-4)39(36,37)24-8-6-5-7-9-24/h5-16,19-20H,17-18H2,1-4H3,(H,31,35)/t20-/m1/s1. The third-order valence-corrected chi connectivity index (χ3v) is 8.42. The molecule has 3 rings (SSSR count). The molecule has 2 amide bonds. The molecule has 11 heteroatoms.